The molecule has 326 valence electrons. The highest BCUT2D eigenvalue weighted by Crippen LogP contribution is 2.62. The van der Waals surface area contributed by atoms with Crippen molar-refractivity contribution < 1.29 is 4.42 Å². The van der Waals surface area contributed by atoms with Gasteiger partial charge in [0.25, 0.3) is 0 Å². The molecule has 0 unspecified atom stereocenters. The maximum atomic E-state index is 6.32. The van der Waals surface area contributed by atoms with Crippen molar-refractivity contribution in [2.45, 2.75) is 107 Å². The zero-order valence-electron chi connectivity index (χ0n) is 38.3. The van der Waals surface area contributed by atoms with Crippen LogP contribution in [0, 0.1) is 35.5 Å². The Labute approximate surface area is 388 Å². The maximum Gasteiger partial charge on any atom is 0.164 e. The molecule has 0 aliphatic heterocycles. The molecule has 0 radical (unpaired) electrons. The summed E-state index contributed by atoms with van der Waals surface area (Å²) in [5.74, 6) is 7.56. The van der Waals surface area contributed by atoms with Gasteiger partial charge in [0, 0.05) is 32.9 Å². The normalized spacial score (nSPS) is 29.5. The Morgan fingerprint density at radius 3 is 1.64 bits per heavy atom. The van der Waals surface area contributed by atoms with E-state index < -0.39 is 0 Å². The van der Waals surface area contributed by atoms with E-state index >= 15 is 0 Å². The molecule has 8 fully saturated rings. The number of furan rings is 1. The highest BCUT2D eigenvalue weighted by molar-refractivity contribution is 6.06. The van der Waals surface area contributed by atoms with Gasteiger partial charge < -0.3 is 4.42 Å². The highest BCUT2D eigenvalue weighted by Gasteiger charge is 2.53. The molecule has 0 N–H and O–H groups in total. The van der Waals surface area contributed by atoms with Gasteiger partial charge in [0.15, 0.2) is 17.5 Å². The number of aromatic nitrogens is 3. The Kier molecular flexibility index (Phi) is 7.89. The lowest BCUT2D eigenvalue weighted by Gasteiger charge is -2.57. The molecule has 2 heterocycles. The van der Waals surface area contributed by atoms with Crippen LogP contribution in [0.4, 0.5) is 0 Å². The predicted octanol–water partition coefficient (Wildman–Crippen LogP) is 15.7. The second-order valence-corrected chi connectivity index (χ2v) is 23.3. The largest absolute Gasteiger partial charge is 0.456 e. The van der Waals surface area contributed by atoms with Gasteiger partial charge in [0.05, 0.1) is 0 Å². The van der Waals surface area contributed by atoms with E-state index in [9.17, 15) is 0 Å². The first-order chi connectivity index (χ1) is 32.2. The average molecular weight is 860 g/mol. The zero-order chi connectivity index (χ0) is 43.5. The summed E-state index contributed by atoms with van der Waals surface area (Å²) in [6.45, 7) is 4.77. The Bertz CT molecular complexity index is 3240. The molecule has 9 aliphatic carbocycles. The summed E-state index contributed by atoms with van der Waals surface area (Å²) in [6.07, 6.45) is 16.8. The molecule has 0 amide bonds. The van der Waals surface area contributed by atoms with Crippen molar-refractivity contribution in [2.24, 2.45) is 35.5 Å². The van der Waals surface area contributed by atoms with Gasteiger partial charge in [-0.05, 0) is 210 Å². The molecular weight excluding hydrogens is 803 g/mol. The minimum Gasteiger partial charge on any atom is -0.456 e. The lowest BCUT2D eigenvalue weighted by atomic mass is 9.48. The number of fused-ring (bicyclic) bond motifs is 6. The van der Waals surface area contributed by atoms with Gasteiger partial charge in [0.2, 0.25) is 0 Å². The fraction of sp³-hybridized carbons (Fsp3) is 0.371. The SMILES string of the molecule is CC1(C)c2ccccc2-c2cc(-c3ccc(C45CC6CC(CC(C6)C4)C5)cc3)cc(-c3nc(-c4cccc(C56CC7CC(CC(C7)C5)C6)c4)nc(-c4ccc5oc6ccccc6c5c4)n3)c21. The van der Waals surface area contributed by atoms with E-state index in [1.54, 1.807) is 5.56 Å². The minimum atomic E-state index is -0.262. The van der Waals surface area contributed by atoms with Crippen LogP contribution >= 0.6 is 0 Å². The van der Waals surface area contributed by atoms with Crippen LogP contribution in [-0.4, -0.2) is 15.0 Å². The third-order valence-corrected chi connectivity index (χ3v) is 18.8. The first-order valence-corrected chi connectivity index (χ1v) is 25.4. The molecular formula is C62H57N3O. The van der Waals surface area contributed by atoms with Gasteiger partial charge in [-0.1, -0.05) is 98.8 Å². The molecule has 2 aromatic heterocycles. The van der Waals surface area contributed by atoms with Crippen LogP contribution in [0.15, 0.2) is 132 Å². The van der Waals surface area contributed by atoms with Crippen molar-refractivity contribution in [1.29, 1.82) is 0 Å². The molecule has 8 bridgehead atoms. The quantitative estimate of drug-likeness (QED) is 0.167. The van der Waals surface area contributed by atoms with E-state index in [4.69, 9.17) is 19.4 Å². The average Bonchev–Trinajstić information content (AvgIpc) is 3.81. The van der Waals surface area contributed by atoms with Crippen molar-refractivity contribution in [3.8, 4) is 56.4 Å². The van der Waals surface area contributed by atoms with Gasteiger partial charge in [0.1, 0.15) is 11.2 Å². The number of nitrogens with zero attached hydrogens (tertiary/aromatic N) is 3. The summed E-state index contributed by atoms with van der Waals surface area (Å²) in [5.41, 5.74) is 16.0. The standard InChI is InChI=1S/C62H57N3O/c1-60(2)53-12-5-3-10-48(53)51-28-45(42-14-17-46(18-15-42)61-30-36-20-37(31-61)22-38(21-36)32-61)29-52(56(51)60)59-64-57(43-8-7-9-47(26-43)62-33-39-23-40(34-62)25-41(24-39)35-62)63-58(65-59)44-16-19-55-50(27-44)49-11-4-6-13-54(49)66-55/h3-19,26-29,36-41H,20-25,30-35H2,1-2H3. The minimum absolute atomic E-state index is 0.262. The number of benzene rings is 6. The van der Waals surface area contributed by atoms with Crippen LogP contribution in [0.5, 0.6) is 0 Å². The van der Waals surface area contributed by atoms with E-state index in [1.165, 1.54) is 116 Å². The fourth-order valence-electron chi connectivity index (χ4n) is 16.8. The molecule has 0 atom stereocenters. The topological polar surface area (TPSA) is 51.8 Å². The predicted molar refractivity (Wildman–Crippen MR) is 266 cm³/mol. The van der Waals surface area contributed by atoms with Crippen LogP contribution in [0.25, 0.3) is 78.4 Å². The Morgan fingerprint density at radius 1 is 0.409 bits per heavy atom. The summed E-state index contributed by atoms with van der Waals surface area (Å²) in [7, 11) is 0. The molecule has 0 spiro atoms. The molecule has 17 rings (SSSR count). The third kappa shape index (κ3) is 5.66. The molecule has 8 saturated carbocycles. The lowest BCUT2D eigenvalue weighted by Crippen LogP contribution is -2.48. The molecule has 6 aromatic carbocycles. The monoisotopic (exact) mass is 859 g/mol. The van der Waals surface area contributed by atoms with E-state index in [1.807, 2.05) is 6.07 Å². The van der Waals surface area contributed by atoms with Gasteiger partial charge in [-0.2, -0.15) is 0 Å². The molecule has 4 heteroatoms. The Hall–Kier alpha value is -5.87. The number of rotatable bonds is 6. The first-order valence-electron chi connectivity index (χ1n) is 25.4. The third-order valence-electron chi connectivity index (χ3n) is 18.8. The molecule has 9 aliphatic rings. The van der Waals surface area contributed by atoms with Crippen LogP contribution in [-0.2, 0) is 16.2 Å². The zero-order valence-corrected chi connectivity index (χ0v) is 38.3. The highest BCUT2D eigenvalue weighted by atomic mass is 16.3. The van der Waals surface area contributed by atoms with Gasteiger partial charge >= 0.3 is 0 Å². The fourth-order valence-corrected chi connectivity index (χ4v) is 16.8. The lowest BCUT2D eigenvalue weighted by molar-refractivity contribution is -0.00529. The second kappa shape index (κ2) is 13.6. The van der Waals surface area contributed by atoms with Crippen molar-refractivity contribution >= 4 is 21.9 Å². The molecule has 4 nitrogen and oxygen atoms in total. The summed E-state index contributed by atoms with van der Waals surface area (Å²) >= 11 is 0. The van der Waals surface area contributed by atoms with E-state index in [0.29, 0.717) is 11.2 Å². The van der Waals surface area contributed by atoms with Gasteiger partial charge in [-0.25, -0.2) is 15.0 Å². The maximum absolute atomic E-state index is 6.32. The van der Waals surface area contributed by atoms with E-state index in [0.717, 1.165) is 85.8 Å². The van der Waals surface area contributed by atoms with Gasteiger partial charge in [-0.3, -0.25) is 0 Å². The van der Waals surface area contributed by atoms with Crippen molar-refractivity contribution in [1.82, 2.24) is 15.0 Å². The van der Waals surface area contributed by atoms with E-state index in [-0.39, 0.29) is 10.8 Å². The number of hydrogen-bond acceptors (Lipinski definition) is 4. The van der Waals surface area contributed by atoms with Crippen LogP contribution in [0.2, 0.25) is 0 Å². The smallest absolute Gasteiger partial charge is 0.164 e. The van der Waals surface area contributed by atoms with E-state index in [2.05, 4.69) is 135 Å². The van der Waals surface area contributed by atoms with Crippen LogP contribution in [0.1, 0.15) is 113 Å². The molecule has 0 saturated heterocycles. The number of para-hydroxylation sites is 1. The Morgan fingerprint density at radius 2 is 0.955 bits per heavy atom. The second-order valence-electron chi connectivity index (χ2n) is 23.3. The summed E-state index contributed by atoms with van der Waals surface area (Å²) in [5, 5.41) is 2.18. The van der Waals surface area contributed by atoms with Crippen LogP contribution in [0.3, 0.4) is 0 Å². The summed E-state index contributed by atoms with van der Waals surface area (Å²) in [4.78, 5) is 16.6. The summed E-state index contributed by atoms with van der Waals surface area (Å²) < 4.78 is 6.32. The Balaban J connectivity index is 0.917. The van der Waals surface area contributed by atoms with Crippen molar-refractivity contribution in [3.63, 3.8) is 0 Å². The molecule has 66 heavy (non-hydrogen) atoms. The van der Waals surface area contributed by atoms with Crippen LogP contribution < -0.4 is 0 Å². The molecule has 8 aromatic rings. The van der Waals surface area contributed by atoms with Crippen molar-refractivity contribution in [3.05, 3.63) is 150 Å². The van der Waals surface area contributed by atoms with Gasteiger partial charge in [-0.15, -0.1) is 0 Å². The first kappa shape index (κ1) is 38.3. The number of hydrogen-bond donors (Lipinski definition) is 0. The van der Waals surface area contributed by atoms with Crippen molar-refractivity contribution in [2.75, 3.05) is 0 Å². The summed E-state index contributed by atoms with van der Waals surface area (Å²) in [6, 6.07) is 47.9.